The molecule has 0 fully saturated rings. The van der Waals surface area contributed by atoms with Crippen molar-refractivity contribution in [1.29, 1.82) is 0 Å². The minimum Gasteiger partial charge on any atom is -0.476 e. The Morgan fingerprint density at radius 1 is 1.16 bits per heavy atom. The normalized spacial score (nSPS) is 11.9. The summed E-state index contributed by atoms with van der Waals surface area (Å²) in [5.41, 5.74) is 1.73. The van der Waals surface area contributed by atoms with Gasteiger partial charge in [-0.25, -0.2) is 4.79 Å². The molecule has 7 heteroatoms. The number of carbonyl (C=O) groups is 2. The lowest BCUT2D eigenvalue weighted by atomic mass is 10.1. The lowest BCUT2D eigenvalue weighted by Crippen LogP contribution is -2.27. The topological polar surface area (TPSA) is 89.2 Å². The molecule has 0 aliphatic carbocycles. The van der Waals surface area contributed by atoms with Crippen molar-refractivity contribution < 1.29 is 14.7 Å². The number of benzene rings is 1. The van der Waals surface area contributed by atoms with E-state index in [2.05, 4.69) is 10.4 Å². The van der Waals surface area contributed by atoms with Crippen LogP contribution in [-0.4, -0.2) is 31.3 Å². The number of carboxylic acids is 1. The molecule has 0 bridgehead atoms. The van der Waals surface area contributed by atoms with Crippen LogP contribution in [0.2, 0.25) is 0 Å². The van der Waals surface area contributed by atoms with E-state index in [4.69, 9.17) is 5.11 Å². The fourth-order valence-electron chi connectivity index (χ4n) is 2.61. The summed E-state index contributed by atoms with van der Waals surface area (Å²) in [5, 5.41) is 15.8. The maximum absolute atomic E-state index is 12.4. The van der Waals surface area contributed by atoms with Crippen LogP contribution in [0, 0.1) is 0 Å². The van der Waals surface area contributed by atoms with Crippen LogP contribution in [0.15, 0.2) is 55.0 Å². The van der Waals surface area contributed by atoms with Crippen molar-refractivity contribution in [1.82, 2.24) is 19.7 Å². The Morgan fingerprint density at radius 2 is 1.80 bits per heavy atom. The average Bonchev–Trinajstić information content (AvgIpc) is 3.24. The molecular formula is C18H18N4O3. The molecule has 1 aromatic carbocycles. The molecule has 1 amide bonds. The minimum atomic E-state index is -1.23. The van der Waals surface area contributed by atoms with Gasteiger partial charge in [0.15, 0.2) is 5.69 Å². The van der Waals surface area contributed by atoms with E-state index < -0.39 is 11.9 Å². The molecule has 1 unspecified atom stereocenters. The standard InChI is InChI=1S/C18H18N4O3/c1-12(13-5-7-14(8-6-13)22-9-3-4-10-22)19-17(23)15-11-21(2)20-16(15)18(24)25/h3-12H,1-2H3,(H,19,23)(H,24,25). The Bertz CT molecular complexity index is 895. The molecule has 0 aliphatic heterocycles. The molecule has 2 aromatic heterocycles. The van der Waals surface area contributed by atoms with Crippen molar-refractivity contribution in [2.75, 3.05) is 0 Å². The summed E-state index contributed by atoms with van der Waals surface area (Å²) in [7, 11) is 1.58. The number of nitrogens with one attached hydrogen (secondary N) is 1. The number of hydrogen-bond acceptors (Lipinski definition) is 3. The zero-order valence-electron chi connectivity index (χ0n) is 13.9. The predicted molar refractivity (Wildman–Crippen MR) is 91.8 cm³/mol. The molecule has 0 spiro atoms. The van der Waals surface area contributed by atoms with Gasteiger partial charge in [-0.3, -0.25) is 9.48 Å². The van der Waals surface area contributed by atoms with Gasteiger partial charge in [0.05, 0.1) is 11.6 Å². The molecule has 3 rings (SSSR count). The first-order chi connectivity index (χ1) is 12.0. The van der Waals surface area contributed by atoms with Crippen LogP contribution in [0.25, 0.3) is 5.69 Å². The van der Waals surface area contributed by atoms with Crippen LogP contribution in [0.1, 0.15) is 39.4 Å². The fraction of sp³-hybridized carbons (Fsp3) is 0.167. The molecule has 25 heavy (non-hydrogen) atoms. The molecule has 2 N–H and O–H groups in total. The van der Waals surface area contributed by atoms with Crippen LogP contribution >= 0.6 is 0 Å². The Balaban J connectivity index is 1.75. The van der Waals surface area contributed by atoms with Gasteiger partial charge >= 0.3 is 5.97 Å². The van der Waals surface area contributed by atoms with E-state index in [0.29, 0.717) is 0 Å². The van der Waals surface area contributed by atoms with Gasteiger partial charge in [-0.05, 0) is 36.8 Å². The first kappa shape index (κ1) is 16.5. The summed E-state index contributed by atoms with van der Waals surface area (Å²) >= 11 is 0. The lowest BCUT2D eigenvalue weighted by Gasteiger charge is -2.15. The van der Waals surface area contributed by atoms with Crippen LogP contribution in [0.3, 0.4) is 0 Å². The highest BCUT2D eigenvalue weighted by Crippen LogP contribution is 2.17. The Kier molecular flexibility index (Phi) is 4.38. The average molecular weight is 338 g/mol. The van der Waals surface area contributed by atoms with Gasteiger partial charge < -0.3 is 15.0 Å². The summed E-state index contributed by atoms with van der Waals surface area (Å²) in [6.45, 7) is 1.85. The van der Waals surface area contributed by atoms with Crippen LogP contribution in [-0.2, 0) is 7.05 Å². The third kappa shape index (κ3) is 3.45. The maximum Gasteiger partial charge on any atom is 0.357 e. The molecular weight excluding hydrogens is 320 g/mol. The quantitative estimate of drug-likeness (QED) is 0.747. The molecule has 2 heterocycles. The van der Waals surface area contributed by atoms with E-state index in [0.717, 1.165) is 11.3 Å². The number of aromatic carboxylic acids is 1. The van der Waals surface area contributed by atoms with E-state index in [9.17, 15) is 9.59 Å². The second kappa shape index (κ2) is 6.64. The summed E-state index contributed by atoms with van der Waals surface area (Å²) in [4.78, 5) is 23.6. The number of carbonyl (C=O) groups excluding carboxylic acids is 1. The van der Waals surface area contributed by atoms with E-state index in [1.165, 1.54) is 10.9 Å². The summed E-state index contributed by atoms with van der Waals surface area (Å²) in [6.07, 6.45) is 5.31. The number of aromatic nitrogens is 3. The molecule has 0 saturated carbocycles. The molecule has 3 aromatic rings. The first-order valence-corrected chi connectivity index (χ1v) is 7.77. The van der Waals surface area contributed by atoms with Crippen molar-refractivity contribution in [2.45, 2.75) is 13.0 Å². The van der Waals surface area contributed by atoms with Gasteiger partial charge in [-0.1, -0.05) is 12.1 Å². The Morgan fingerprint density at radius 3 is 2.40 bits per heavy atom. The predicted octanol–water partition coefficient (Wildman–Crippen LogP) is 2.40. The van der Waals surface area contributed by atoms with E-state index in [1.807, 2.05) is 60.3 Å². The van der Waals surface area contributed by atoms with Gasteiger partial charge in [-0.15, -0.1) is 0 Å². The third-order valence-electron chi connectivity index (χ3n) is 3.92. The zero-order valence-corrected chi connectivity index (χ0v) is 13.9. The van der Waals surface area contributed by atoms with E-state index >= 15 is 0 Å². The number of rotatable bonds is 5. The van der Waals surface area contributed by atoms with Gasteiger partial charge in [0.25, 0.3) is 5.91 Å². The molecule has 0 saturated heterocycles. The SMILES string of the molecule is CC(NC(=O)c1cn(C)nc1C(=O)O)c1ccc(-n2cccc2)cc1. The zero-order chi connectivity index (χ0) is 18.0. The largest absolute Gasteiger partial charge is 0.476 e. The van der Waals surface area contributed by atoms with Crippen LogP contribution in [0.5, 0.6) is 0 Å². The number of carboxylic acid groups (broad SMARTS) is 1. The van der Waals surface area contributed by atoms with Gasteiger partial charge in [0.2, 0.25) is 0 Å². The fourth-order valence-corrected chi connectivity index (χ4v) is 2.61. The van der Waals surface area contributed by atoms with Crippen molar-refractivity contribution >= 4 is 11.9 Å². The molecule has 1 atom stereocenters. The number of nitrogens with zero attached hydrogens (tertiary/aromatic N) is 3. The second-order valence-corrected chi connectivity index (χ2v) is 5.75. The highest BCUT2D eigenvalue weighted by atomic mass is 16.4. The monoisotopic (exact) mass is 338 g/mol. The highest BCUT2D eigenvalue weighted by molar-refractivity contribution is 6.03. The number of amides is 1. The maximum atomic E-state index is 12.4. The molecule has 0 radical (unpaired) electrons. The molecule has 128 valence electrons. The van der Waals surface area contributed by atoms with Gasteiger partial charge in [0, 0.05) is 31.3 Å². The first-order valence-electron chi connectivity index (χ1n) is 7.77. The molecule has 0 aliphatic rings. The second-order valence-electron chi connectivity index (χ2n) is 5.75. The van der Waals surface area contributed by atoms with Crippen molar-refractivity contribution in [2.24, 2.45) is 7.05 Å². The van der Waals surface area contributed by atoms with Crippen molar-refractivity contribution in [3.05, 3.63) is 71.8 Å². The Hall–Kier alpha value is -3.35. The highest BCUT2D eigenvalue weighted by Gasteiger charge is 2.22. The summed E-state index contributed by atoms with van der Waals surface area (Å²) < 4.78 is 3.30. The number of hydrogen-bond donors (Lipinski definition) is 2. The number of aryl methyl sites for hydroxylation is 1. The lowest BCUT2D eigenvalue weighted by molar-refractivity contribution is 0.0683. The van der Waals surface area contributed by atoms with Crippen LogP contribution < -0.4 is 5.32 Å². The summed E-state index contributed by atoms with van der Waals surface area (Å²) in [5.74, 6) is -1.69. The third-order valence-corrected chi connectivity index (χ3v) is 3.92. The van der Waals surface area contributed by atoms with E-state index in [1.54, 1.807) is 7.05 Å². The Labute approximate surface area is 144 Å². The van der Waals surface area contributed by atoms with Gasteiger partial charge in [0.1, 0.15) is 0 Å². The minimum absolute atomic E-state index is 0.0470. The van der Waals surface area contributed by atoms with Crippen molar-refractivity contribution in [3.8, 4) is 5.69 Å². The van der Waals surface area contributed by atoms with Crippen LogP contribution in [0.4, 0.5) is 0 Å². The van der Waals surface area contributed by atoms with E-state index in [-0.39, 0.29) is 17.3 Å². The summed E-state index contributed by atoms with van der Waals surface area (Å²) in [6, 6.07) is 11.4. The smallest absolute Gasteiger partial charge is 0.357 e. The van der Waals surface area contributed by atoms with Crippen molar-refractivity contribution in [3.63, 3.8) is 0 Å². The van der Waals surface area contributed by atoms with Gasteiger partial charge in [-0.2, -0.15) is 5.10 Å². The molecule has 7 nitrogen and oxygen atoms in total.